The van der Waals surface area contributed by atoms with Crippen LogP contribution in [0, 0.1) is 11.8 Å². The van der Waals surface area contributed by atoms with Gasteiger partial charge in [0.25, 0.3) is 0 Å². The second kappa shape index (κ2) is 5.13. The molecule has 0 radical (unpaired) electrons. The summed E-state index contributed by atoms with van der Waals surface area (Å²) in [5.41, 5.74) is -0.429. The van der Waals surface area contributed by atoms with Gasteiger partial charge in [-0.3, -0.25) is 0 Å². The first-order valence-corrected chi connectivity index (χ1v) is 5.79. The molecule has 1 rings (SSSR count). The molecular formula is C12H24O2. The van der Waals surface area contributed by atoms with Crippen molar-refractivity contribution in [2.75, 3.05) is 13.7 Å². The predicted molar refractivity (Wildman–Crippen MR) is 58.2 cm³/mol. The van der Waals surface area contributed by atoms with Crippen molar-refractivity contribution in [3.05, 3.63) is 0 Å². The average Bonchev–Trinajstić information content (AvgIpc) is 2.16. The van der Waals surface area contributed by atoms with Gasteiger partial charge in [0.15, 0.2) is 0 Å². The average molecular weight is 200 g/mol. The van der Waals surface area contributed by atoms with E-state index < -0.39 is 5.60 Å². The van der Waals surface area contributed by atoms with Crippen molar-refractivity contribution in [3.63, 3.8) is 0 Å². The van der Waals surface area contributed by atoms with E-state index in [4.69, 9.17) is 4.74 Å². The minimum Gasteiger partial charge on any atom is -0.390 e. The molecule has 0 aromatic heterocycles. The Morgan fingerprint density at radius 3 is 2.36 bits per heavy atom. The van der Waals surface area contributed by atoms with Crippen LogP contribution < -0.4 is 0 Å². The normalized spacial score (nSPS) is 33.6. The molecule has 0 atom stereocenters. The van der Waals surface area contributed by atoms with Crippen molar-refractivity contribution < 1.29 is 9.84 Å². The summed E-state index contributed by atoms with van der Waals surface area (Å²) in [6.45, 7) is 5.25. The van der Waals surface area contributed by atoms with Gasteiger partial charge in [0, 0.05) is 13.7 Å². The third-order valence-corrected chi connectivity index (χ3v) is 3.68. The lowest BCUT2D eigenvalue weighted by molar-refractivity contribution is -0.0367. The Balaban J connectivity index is 2.33. The number of ether oxygens (including phenoxy) is 1. The zero-order valence-electron chi connectivity index (χ0n) is 9.75. The van der Waals surface area contributed by atoms with E-state index >= 15 is 0 Å². The lowest BCUT2D eigenvalue weighted by atomic mass is 9.73. The van der Waals surface area contributed by atoms with E-state index in [0.717, 1.165) is 31.1 Å². The Hall–Kier alpha value is -0.0800. The topological polar surface area (TPSA) is 29.5 Å². The molecule has 14 heavy (non-hydrogen) atoms. The van der Waals surface area contributed by atoms with E-state index in [-0.39, 0.29) is 0 Å². The second-order valence-corrected chi connectivity index (χ2v) is 5.05. The van der Waals surface area contributed by atoms with Crippen LogP contribution in [0.3, 0.4) is 0 Å². The number of hydrogen-bond acceptors (Lipinski definition) is 2. The molecule has 0 spiro atoms. The van der Waals surface area contributed by atoms with E-state index in [2.05, 4.69) is 13.8 Å². The number of methoxy groups -OCH3 is 1. The Morgan fingerprint density at radius 2 is 1.93 bits per heavy atom. The van der Waals surface area contributed by atoms with Crippen LogP contribution in [-0.2, 0) is 4.74 Å². The molecule has 1 aliphatic carbocycles. The molecule has 2 heteroatoms. The first-order chi connectivity index (χ1) is 6.57. The van der Waals surface area contributed by atoms with Crippen LogP contribution >= 0.6 is 0 Å². The lowest BCUT2D eigenvalue weighted by Crippen LogP contribution is -2.36. The molecule has 1 aliphatic rings. The fourth-order valence-electron chi connectivity index (χ4n) is 2.39. The van der Waals surface area contributed by atoms with E-state index in [1.807, 2.05) is 0 Å². The molecule has 0 aromatic carbocycles. The standard InChI is InChI=1S/C12H24O2/c1-10(2)11-4-6-12(13,7-5-11)8-9-14-3/h10-11,13H,4-9H2,1-3H3. The zero-order chi connectivity index (χ0) is 10.6. The van der Waals surface area contributed by atoms with Gasteiger partial charge < -0.3 is 9.84 Å². The third-order valence-electron chi connectivity index (χ3n) is 3.68. The monoisotopic (exact) mass is 200 g/mol. The zero-order valence-corrected chi connectivity index (χ0v) is 9.75. The summed E-state index contributed by atoms with van der Waals surface area (Å²) in [6.07, 6.45) is 5.07. The van der Waals surface area contributed by atoms with Gasteiger partial charge in [-0.25, -0.2) is 0 Å². The Bertz CT molecular complexity index is 158. The molecule has 0 amide bonds. The maximum atomic E-state index is 10.2. The summed E-state index contributed by atoms with van der Waals surface area (Å²) in [5.74, 6) is 1.58. The van der Waals surface area contributed by atoms with Crippen LogP contribution in [0.5, 0.6) is 0 Å². The summed E-state index contributed by atoms with van der Waals surface area (Å²) in [7, 11) is 1.70. The highest BCUT2D eigenvalue weighted by Gasteiger charge is 2.33. The van der Waals surface area contributed by atoms with E-state index in [1.165, 1.54) is 12.8 Å². The minimum absolute atomic E-state index is 0.429. The third kappa shape index (κ3) is 3.25. The first-order valence-electron chi connectivity index (χ1n) is 5.79. The fourth-order valence-corrected chi connectivity index (χ4v) is 2.39. The quantitative estimate of drug-likeness (QED) is 0.756. The van der Waals surface area contributed by atoms with Crippen LogP contribution in [-0.4, -0.2) is 24.4 Å². The smallest absolute Gasteiger partial charge is 0.0670 e. The van der Waals surface area contributed by atoms with E-state index in [9.17, 15) is 5.11 Å². The maximum Gasteiger partial charge on any atom is 0.0670 e. The van der Waals surface area contributed by atoms with E-state index in [0.29, 0.717) is 6.61 Å². The molecule has 0 bridgehead atoms. The molecule has 1 N–H and O–H groups in total. The summed E-state index contributed by atoms with van der Waals surface area (Å²) < 4.78 is 5.02. The highest BCUT2D eigenvalue weighted by atomic mass is 16.5. The van der Waals surface area contributed by atoms with Crippen molar-refractivity contribution in [2.24, 2.45) is 11.8 Å². The fraction of sp³-hybridized carbons (Fsp3) is 1.00. The Morgan fingerprint density at radius 1 is 1.36 bits per heavy atom. The van der Waals surface area contributed by atoms with Gasteiger partial charge in [-0.2, -0.15) is 0 Å². The number of aliphatic hydroxyl groups is 1. The SMILES string of the molecule is COCCC1(O)CCC(C(C)C)CC1. The molecule has 0 aliphatic heterocycles. The van der Waals surface area contributed by atoms with Gasteiger partial charge in [-0.1, -0.05) is 13.8 Å². The minimum atomic E-state index is -0.429. The summed E-state index contributed by atoms with van der Waals surface area (Å²) >= 11 is 0. The molecule has 0 aromatic rings. The summed E-state index contributed by atoms with van der Waals surface area (Å²) in [6, 6.07) is 0. The summed E-state index contributed by atoms with van der Waals surface area (Å²) in [4.78, 5) is 0. The molecule has 2 nitrogen and oxygen atoms in total. The predicted octanol–water partition coefficient (Wildman–Crippen LogP) is 2.60. The van der Waals surface area contributed by atoms with Crippen LogP contribution in [0.15, 0.2) is 0 Å². The van der Waals surface area contributed by atoms with E-state index in [1.54, 1.807) is 7.11 Å². The van der Waals surface area contributed by atoms with Crippen LogP contribution in [0.2, 0.25) is 0 Å². The molecule has 1 fully saturated rings. The Labute approximate surface area is 87.7 Å². The van der Waals surface area contributed by atoms with Gasteiger partial charge in [0.2, 0.25) is 0 Å². The molecule has 0 saturated heterocycles. The maximum absolute atomic E-state index is 10.2. The van der Waals surface area contributed by atoms with Gasteiger partial charge in [-0.15, -0.1) is 0 Å². The number of rotatable bonds is 4. The largest absolute Gasteiger partial charge is 0.390 e. The van der Waals surface area contributed by atoms with Crippen LogP contribution in [0.4, 0.5) is 0 Å². The molecule has 0 unspecified atom stereocenters. The highest BCUT2D eigenvalue weighted by Crippen LogP contribution is 2.37. The van der Waals surface area contributed by atoms with Gasteiger partial charge in [0.1, 0.15) is 0 Å². The van der Waals surface area contributed by atoms with Crippen LogP contribution in [0.1, 0.15) is 46.0 Å². The first kappa shape index (κ1) is 12.0. The van der Waals surface area contributed by atoms with Gasteiger partial charge in [0.05, 0.1) is 5.60 Å². The van der Waals surface area contributed by atoms with Gasteiger partial charge >= 0.3 is 0 Å². The summed E-state index contributed by atoms with van der Waals surface area (Å²) in [5, 5.41) is 10.2. The van der Waals surface area contributed by atoms with Crippen molar-refractivity contribution in [1.29, 1.82) is 0 Å². The molecule has 84 valence electrons. The lowest BCUT2D eigenvalue weighted by Gasteiger charge is -2.37. The molecule has 1 saturated carbocycles. The van der Waals surface area contributed by atoms with Crippen LogP contribution in [0.25, 0.3) is 0 Å². The van der Waals surface area contributed by atoms with Gasteiger partial charge in [-0.05, 0) is 43.9 Å². The number of hydrogen-bond donors (Lipinski definition) is 1. The van der Waals surface area contributed by atoms with Crippen molar-refractivity contribution in [3.8, 4) is 0 Å². The second-order valence-electron chi connectivity index (χ2n) is 5.05. The Kier molecular flexibility index (Phi) is 4.39. The molecular weight excluding hydrogens is 176 g/mol. The molecule has 0 heterocycles. The van der Waals surface area contributed by atoms with Crippen molar-refractivity contribution in [2.45, 2.75) is 51.6 Å². The van der Waals surface area contributed by atoms with Crippen molar-refractivity contribution >= 4 is 0 Å². The highest BCUT2D eigenvalue weighted by molar-refractivity contribution is 4.86. The van der Waals surface area contributed by atoms with Crippen molar-refractivity contribution in [1.82, 2.24) is 0 Å².